The van der Waals surface area contributed by atoms with Crippen LogP contribution in [-0.2, 0) is 9.53 Å². The zero-order valence-electron chi connectivity index (χ0n) is 8.06. The van der Waals surface area contributed by atoms with E-state index in [9.17, 15) is 4.79 Å². The van der Waals surface area contributed by atoms with E-state index in [1.54, 1.807) is 19.9 Å². The zero-order valence-corrected chi connectivity index (χ0v) is 9.64. The highest BCUT2D eigenvalue weighted by molar-refractivity contribution is 9.09. The van der Waals surface area contributed by atoms with E-state index in [1.165, 1.54) is 7.11 Å². The Hall–Kier alpha value is -0.750. The van der Waals surface area contributed by atoms with Crippen LogP contribution in [0.25, 0.3) is 0 Å². The second-order valence-corrected chi connectivity index (χ2v) is 3.59. The lowest BCUT2D eigenvalue weighted by Crippen LogP contribution is -2.23. The van der Waals surface area contributed by atoms with Crippen molar-refractivity contribution in [1.82, 2.24) is 0 Å². The van der Waals surface area contributed by atoms with Gasteiger partial charge in [0.15, 0.2) is 0 Å². The fourth-order valence-corrected chi connectivity index (χ4v) is 0.819. The molecular formula is C10H13BrO2. The number of rotatable bonds is 2. The lowest BCUT2D eigenvalue weighted by Gasteiger charge is -2.12. The molecule has 3 heteroatoms. The summed E-state index contributed by atoms with van der Waals surface area (Å²) in [4.78, 5) is 11.1. The van der Waals surface area contributed by atoms with Crippen LogP contribution in [-0.4, -0.2) is 18.4 Å². The fourth-order valence-electron chi connectivity index (χ4n) is 0.632. The predicted octanol–water partition coefficient (Wildman–Crippen LogP) is 2.14. The Morgan fingerprint density at radius 1 is 1.62 bits per heavy atom. The third-order valence-corrected chi connectivity index (χ3v) is 1.74. The van der Waals surface area contributed by atoms with E-state index < -0.39 is 5.41 Å². The molecule has 0 bridgehead atoms. The number of esters is 1. The van der Waals surface area contributed by atoms with Crippen molar-refractivity contribution in [3.8, 4) is 11.8 Å². The van der Waals surface area contributed by atoms with E-state index in [-0.39, 0.29) is 5.97 Å². The molecule has 0 aliphatic heterocycles. The van der Waals surface area contributed by atoms with Crippen molar-refractivity contribution in [2.75, 3.05) is 12.4 Å². The molecule has 0 saturated heterocycles. The smallest absolute Gasteiger partial charge is 0.323 e. The van der Waals surface area contributed by atoms with Crippen molar-refractivity contribution in [2.45, 2.75) is 13.8 Å². The van der Waals surface area contributed by atoms with Crippen molar-refractivity contribution in [3.63, 3.8) is 0 Å². The van der Waals surface area contributed by atoms with Crippen molar-refractivity contribution in [2.24, 2.45) is 5.41 Å². The zero-order chi connectivity index (χ0) is 10.3. The molecule has 72 valence electrons. The van der Waals surface area contributed by atoms with Gasteiger partial charge in [0, 0.05) is 5.33 Å². The number of carbonyl (C=O) groups is 1. The predicted molar refractivity (Wildman–Crippen MR) is 56.5 cm³/mol. The van der Waals surface area contributed by atoms with Gasteiger partial charge in [-0.15, -0.1) is 0 Å². The van der Waals surface area contributed by atoms with Crippen LogP contribution in [0.4, 0.5) is 0 Å². The molecule has 0 aromatic carbocycles. The van der Waals surface area contributed by atoms with Gasteiger partial charge in [0.05, 0.1) is 7.11 Å². The molecule has 0 heterocycles. The second-order valence-electron chi connectivity index (χ2n) is 2.94. The van der Waals surface area contributed by atoms with Crippen LogP contribution >= 0.6 is 15.9 Å². The van der Waals surface area contributed by atoms with E-state index >= 15 is 0 Å². The topological polar surface area (TPSA) is 26.3 Å². The van der Waals surface area contributed by atoms with Gasteiger partial charge in [-0.25, -0.2) is 0 Å². The standard InChI is InChI=1S/C10H13BrO2/c1-10(2,9(12)13-3)7-5-4-6-8-11/h4,6H,8H2,1-3H3/b6-4+. The first-order valence-corrected chi connectivity index (χ1v) is 4.99. The van der Waals surface area contributed by atoms with Crippen LogP contribution in [0.5, 0.6) is 0 Å². The van der Waals surface area contributed by atoms with Crippen molar-refractivity contribution in [3.05, 3.63) is 12.2 Å². The second kappa shape index (κ2) is 5.82. The molecule has 0 aromatic rings. The maximum atomic E-state index is 11.1. The first-order valence-electron chi connectivity index (χ1n) is 3.86. The molecular weight excluding hydrogens is 232 g/mol. The van der Waals surface area contributed by atoms with Gasteiger partial charge in [-0.1, -0.05) is 33.8 Å². The normalized spacial score (nSPS) is 10.8. The average molecular weight is 245 g/mol. The third kappa shape index (κ3) is 4.74. The van der Waals surface area contributed by atoms with Gasteiger partial charge in [-0.3, -0.25) is 4.79 Å². The fraction of sp³-hybridized carbons (Fsp3) is 0.500. The van der Waals surface area contributed by atoms with E-state index in [0.717, 1.165) is 5.33 Å². The molecule has 0 N–H and O–H groups in total. The van der Waals surface area contributed by atoms with Gasteiger partial charge in [-0.05, 0) is 19.9 Å². The molecule has 0 aromatic heterocycles. The lowest BCUT2D eigenvalue weighted by atomic mass is 9.95. The molecule has 0 aliphatic rings. The lowest BCUT2D eigenvalue weighted by molar-refractivity contribution is -0.147. The van der Waals surface area contributed by atoms with E-state index in [2.05, 4.69) is 32.5 Å². The molecule has 0 spiro atoms. The van der Waals surface area contributed by atoms with Crippen molar-refractivity contribution < 1.29 is 9.53 Å². The number of alkyl halides is 1. The largest absolute Gasteiger partial charge is 0.468 e. The number of carbonyl (C=O) groups excluding carboxylic acids is 1. The minimum atomic E-state index is -0.731. The quantitative estimate of drug-likeness (QED) is 0.423. The Bertz CT molecular complexity index is 256. The summed E-state index contributed by atoms with van der Waals surface area (Å²) in [6.45, 7) is 3.46. The highest BCUT2D eigenvalue weighted by Gasteiger charge is 2.25. The van der Waals surface area contributed by atoms with E-state index in [1.807, 2.05) is 6.08 Å². The molecule has 0 fully saturated rings. The Labute approximate surface area is 87.5 Å². The first kappa shape index (κ1) is 12.2. The minimum Gasteiger partial charge on any atom is -0.468 e. The van der Waals surface area contributed by atoms with Crippen LogP contribution in [0.15, 0.2) is 12.2 Å². The molecule has 0 amide bonds. The van der Waals surface area contributed by atoms with Crippen LogP contribution in [0.1, 0.15) is 13.8 Å². The van der Waals surface area contributed by atoms with Gasteiger partial charge in [0.25, 0.3) is 0 Å². The third-order valence-electron chi connectivity index (χ3n) is 1.37. The summed E-state index contributed by atoms with van der Waals surface area (Å²) in [5.74, 6) is 5.28. The molecule has 0 saturated carbocycles. The van der Waals surface area contributed by atoms with Crippen molar-refractivity contribution in [1.29, 1.82) is 0 Å². The Morgan fingerprint density at radius 2 is 2.23 bits per heavy atom. The van der Waals surface area contributed by atoms with Gasteiger partial charge in [-0.2, -0.15) is 0 Å². The molecule has 2 nitrogen and oxygen atoms in total. The summed E-state index contributed by atoms with van der Waals surface area (Å²) in [6.07, 6.45) is 3.57. The van der Waals surface area contributed by atoms with Gasteiger partial charge < -0.3 is 4.74 Å². The number of allylic oxidation sites excluding steroid dienone is 2. The Morgan fingerprint density at radius 3 is 2.69 bits per heavy atom. The average Bonchev–Trinajstić information content (AvgIpc) is 2.11. The van der Waals surface area contributed by atoms with Gasteiger partial charge in [0.2, 0.25) is 0 Å². The Balaban J connectivity index is 4.37. The summed E-state index contributed by atoms with van der Waals surface area (Å²) >= 11 is 3.23. The van der Waals surface area contributed by atoms with Crippen LogP contribution in [0, 0.1) is 17.3 Å². The van der Waals surface area contributed by atoms with Crippen LogP contribution < -0.4 is 0 Å². The first-order chi connectivity index (χ1) is 6.04. The molecule has 0 unspecified atom stereocenters. The number of halogens is 1. The summed E-state index contributed by atoms with van der Waals surface area (Å²) in [5.41, 5.74) is -0.731. The minimum absolute atomic E-state index is 0.313. The molecule has 0 atom stereocenters. The SMILES string of the molecule is COC(=O)C(C)(C)C#C/C=C/CBr. The van der Waals surface area contributed by atoms with Gasteiger partial charge >= 0.3 is 5.97 Å². The van der Waals surface area contributed by atoms with Crippen LogP contribution in [0.2, 0.25) is 0 Å². The number of hydrogen-bond donors (Lipinski definition) is 0. The molecule has 0 aliphatic carbocycles. The monoisotopic (exact) mass is 244 g/mol. The summed E-state index contributed by atoms with van der Waals surface area (Å²) in [7, 11) is 1.36. The molecule has 0 rings (SSSR count). The van der Waals surface area contributed by atoms with Crippen LogP contribution in [0.3, 0.4) is 0 Å². The van der Waals surface area contributed by atoms with Gasteiger partial charge in [0.1, 0.15) is 5.41 Å². The van der Waals surface area contributed by atoms with Crippen molar-refractivity contribution >= 4 is 21.9 Å². The summed E-state index contributed by atoms with van der Waals surface area (Å²) in [5, 5.41) is 0.764. The Kier molecular flexibility index (Phi) is 5.48. The highest BCUT2D eigenvalue weighted by Crippen LogP contribution is 2.14. The molecule has 13 heavy (non-hydrogen) atoms. The number of ether oxygens (including phenoxy) is 1. The summed E-state index contributed by atoms with van der Waals surface area (Å²) < 4.78 is 4.60. The maximum Gasteiger partial charge on any atom is 0.323 e. The maximum absolute atomic E-state index is 11.1. The summed E-state index contributed by atoms with van der Waals surface area (Å²) in [6, 6.07) is 0. The molecule has 0 radical (unpaired) electrons. The highest BCUT2D eigenvalue weighted by atomic mass is 79.9. The van der Waals surface area contributed by atoms with E-state index in [0.29, 0.717) is 0 Å². The van der Waals surface area contributed by atoms with E-state index in [4.69, 9.17) is 0 Å². The number of methoxy groups -OCH3 is 1. The number of hydrogen-bond acceptors (Lipinski definition) is 2.